The van der Waals surface area contributed by atoms with Crippen LogP contribution in [-0.2, 0) is 23.0 Å². The predicted octanol–water partition coefficient (Wildman–Crippen LogP) is 2.54. The normalized spacial score (nSPS) is 17.1. The highest BCUT2D eigenvalue weighted by Crippen LogP contribution is 2.34. The number of fused-ring (bicyclic) bond motifs is 3. The number of ether oxygens (including phenoxy) is 2. The summed E-state index contributed by atoms with van der Waals surface area (Å²) in [5.74, 6) is 1.07. The number of aromatic nitrogens is 2. The molecule has 0 atom stereocenters. The highest BCUT2D eigenvalue weighted by Gasteiger charge is 2.30. The largest absolute Gasteiger partial charge is 0.490 e. The summed E-state index contributed by atoms with van der Waals surface area (Å²) in [6, 6.07) is 10.6. The Bertz CT molecular complexity index is 1160. The summed E-state index contributed by atoms with van der Waals surface area (Å²) in [6.07, 6.45) is 3.05. The van der Waals surface area contributed by atoms with Gasteiger partial charge in [0.25, 0.3) is 0 Å². The minimum atomic E-state index is -3.65. The molecule has 0 unspecified atom stereocenters. The fraction of sp³-hybridized carbons (Fsp3) is 0.300. The zero-order valence-corrected chi connectivity index (χ0v) is 16.0. The zero-order valence-electron chi connectivity index (χ0n) is 15.2. The van der Waals surface area contributed by atoms with Gasteiger partial charge in [-0.15, -0.1) is 0 Å². The lowest BCUT2D eigenvalue weighted by Gasteiger charge is -2.28. The van der Waals surface area contributed by atoms with E-state index in [0.717, 1.165) is 23.1 Å². The van der Waals surface area contributed by atoms with Gasteiger partial charge >= 0.3 is 0 Å². The van der Waals surface area contributed by atoms with E-state index in [-0.39, 0.29) is 4.90 Å². The average Bonchev–Trinajstić information content (AvgIpc) is 2.96. The van der Waals surface area contributed by atoms with E-state index in [2.05, 4.69) is 9.97 Å². The van der Waals surface area contributed by atoms with Gasteiger partial charge < -0.3 is 9.47 Å². The Morgan fingerprint density at radius 2 is 1.89 bits per heavy atom. The predicted molar refractivity (Wildman–Crippen MR) is 103 cm³/mol. The molecule has 0 saturated carbocycles. The monoisotopic (exact) mass is 397 g/mol. The molecular formula is C20H19N3O4S. The van der Waals surface area contributed by atoms with Crippen LogP contribution >= 0.6 is 0 Å². The molecular weight excluding hydrogens is 378 g/mol. The first-order chi connectivity index (χ1) is 13.6. The Morgan fingerprint density at radius 3 is 2.79 bits per heavy atom. The van der Waals surface area contributed by atoms with Gasteiger partial charge in [-0.1, -0.05) is 0 Å². The molecule has 0 spiro atoms. The van der Waals surface area contributed by atoms with Gasteiger partial charge in [-0.3, -0.25) is 0 Å². The quantitative estimate of drug-likeness (QED) is 0.661. The molecule has 8 heteroatoms. The number of rotatable bonds is 2. The van der Waals surface area contributed by atoms with Crippen LogP contribution in [0.15, 0.2) is 47.5 Å². The second-order valence-electron chi connectivity index (χ2n) is 6.89. The Kier molecular flexibility index (Phi) is 4.17. The molecule has 0 saturated heterocycles. The minimum absolute atomic E-state index is 0.218. The third-order valence-electron chi connectivity index (χ3n) is 5.06. The summed E-state index contributed by atoms with van der Waals surface area (Å²) in [6.45, 7) is 1.76. The molecule has 1 aromatic carbocycles. The summed E-state index contributed by atoms with van der Waals surface area (Å²) < 4.78 is 39.2. The first-order valence-electron chi connectivity index (χ1n) is 9.24. The summed E-state index contributed by atoms with van der Waals surface area (Å²) in [7, 11) is -3.65. The lowest BCUT2D eigenvalue weighted by atomic mass is 10.1. The van der Waals surface area contributed by atoms with Crippen LogP contribution in [-0.4, -0.2) is 42.4 Å². The minimum Gasteiger partial charge on any atom is -0.490 e. The van der Waals surface area contributed by atoms with Crippen molar-refractivity contribution in [2.45, 2.75) is 24.3 Å². The topological polar surface area (TPSA) is 81.6 Å². The van der Waals surface area contributed by atoms with E-state index in [1.54, 1.807) is 24.4 Å². The highest BCUT2D eigenvalue weighted by atomic mass is 32.2. The SMILES string of the molecule is O=S(=O)(c1ccc2c(c1)OCCCO2)N1CCc2nc3ncccc3cc2C1. The van der Waals surface area contributed by atoms with E-state index in [1.807, 2.05) is 18.2 Å². The van der Waals surface area contributed by atoms with Crippen LogP contribution in [0.25, 0.3) is 11.0 Å². The lowest BCUT2D eigenvalue weighted by Crippen LogP contribution is -2.36. The van der Waals surface area contributed by atoms with Crippen LogP contribution in [0.3, 0.4) is 0 Å². The van der Waals surface area contributed by atoms with Gasteiger partial charge in [0.1, 0.15) is 0 Å². The molecule has 0 fully saturated rings. The second kappa shape index (κ2) is 6.72. The number of benzene rings is 1. The molecule has 28 heavy (non-hydrogen) atoms. The number of hydrogen-bond acceptors (Lipinski definition) is 6. The Hall–Kier alpha value is -2.71. The van der Waals surface area contributed by atoms with Crippen molar-refractivity contribution in [3.63, 3.8) is 0 Å². The Labute approximate surface area is 163 Å². The smallest absolute Gasteiger partial charge is 0.243 e. The van der Waals surface area contributed by atoms with Crippen molar-refractivity contribution >= 4 is 21.1 Å². The van der Waals surface area contributed by atoms with Crippen molar-refractivity contribution in [3.05, 3.63) is 53.9 Å². The molecule has 0 bridgehead atoms. The van der Waals surface area contributed by atoms with Gasteiger partial charge in [0.05, 0.1) is 18.1 Å². The Morgan fingerprint density at radius 1 is 1.04 bits per heavy atom. The van der Waals surface area contributed by atoms with Crippen LogP contribution < -0.4 is 9.47 Å². The number of nitrogens with zero attached hydrogens (tertiary/aromatic N) is 3. The standard InChI is InChI=1S/C20H19N3O4S/c24-28(25,16-4-5-18-19(12-16)27-10-2-9-26-18)23-8-6-17-15(13-23)11-14-3-1-7-21-20(14)22-17/h1,3-5,7,11-12H,2,6,8-10,13H2. The molecule has 7 nitrogen and oxygen atoms in total. The molecule has 0 amide bonds. The van der Waals surface area contributed by atoms with Crippen molar-refractivity contribution in [2.24, 2.45) is 0 Å². The van der Waals surface area contributed by atoms with E-state index in [4.69, 9.17) is 9.47 Å². The summed E-state index contributed by atoms with van der Waals surface area (Å²) in [4.78, 5) is 9.11. The van der Waals surface area contributed by atoms with E-state index < -0.39 is 10.0 Å². The third-order valence-corrected chi connectivity index (χ3v) is 6.90. The second-order valence-corrected chi connectivity index (χ2v) is 8.83. The summed E-state index contributed by atoms with van der Waals surface area (Å²) in [5.41, 5.74) is 2.53. The molecule has 0 N–H and O–H groups in total. The summed E-state index contributed by atoms with van der Waals surface area (Å²) >= 11 is 0. The maximum absolute atomic E-state index is 13.2. The maximum Gasteiger partial charge on any atom is 0.243 e. The first-order valence-corrected chi connectivity index (χ1v) is 10.7. The van der Waals surface area contributed by atoms with E-state index in [1.165, 1.54) is 4.31 Å². The first kappa shape index (κ1) is 17.4. The van der Waals surface area contributed by atoms with Crippen molar-refractivity contribution in [1.82, 2.24) is 14.3 Å². The van der Waals surface area contributed by atoms with Gasteiger partial charge in [0.15, 0.2) is 17.1 Å². The van der Waals surface area contributed by atoms with Crippen molar-refractivity contribution < 1.29 is 17.9 Å². The van der Waals surface area contributed by atoms with E-state index >= 15 is 0 Å². The van der Waals surface area contributed by atoms with Crippen molar-refractivity contribution in [1.29, 1.82) is 0 Å². The Balaban J connectivity index is 1.48. The number of sulfonamides is 1. The van der Waals surface area contributed by atoms with E-state index in [9.17, 15) is 8.42 Å². The number of pyridine rings is 2. The van der Waals surface area contributed by atoms with Crippen molar-refractivity contribution in [2.75, 3.05) is 19.8 Å². The molecule has 144 valence electrons. The van der Waals surface area contributed by atoms with Crippen molar-refractivity contribution in [3.8, 4) is 11.5 Å². The highest BCUT2D eigenvalue weighted by molar-refractivity contribution is 7.89. The van der Waals surface area contributed by atoms with Crippen LogP contribution in [0.1, 0.15) is 17.7 Å². The third kappa shape index (κ3) is 2.98. The molecule has 2 aromatic heterocycles. The van der Waals surface area contributed by atoms with Gasteiger partial charge in [-0.05, 0) is 35.9 Å². The molecule has 4 heterocycles. The van der Waals surface area contributed by atoms with Gasteiger partial charge in [0, 0.05) is 49.3 Å². The lowest BCUT2D eigenvalue weighted by molar-refractivity contribution is 0.296. The van der Waals surface area contributed by atoms with Crippen LogP contribution in [0.2, 0.25) is 0 Å². The van der Waals surface area contributed by atoms with Gasteiger partial charge in [-0.25, -0.2) is 18.4 Å². The van der Waals surface area contributed by atoms with Gasteiger partial charge in [-0.2, -0.15) is 4.31 Å². The fourth-order valence-corrected chi connectivity index (χ4v) is 5.03. The zero-order chi connectivity index (χ0) is 19.1. The maximum atomic E-state index is 13.2. The van der Waals surface area contributed by atoms with Crippen LogP contribution in [0.4, 0.5) is 0 Å². The fourth-order valence-electron chi connectivity index (χ4n) is 3.60. The average molecular weight is 397 g/mol. The summed E-state index contributed by atoms with van der Waals surface area (Å²) in [5, 5.41) is 0.913. The van der Waals surface area contributed by atoms with Crippen LogP contribution in [0, 0.1) is 0 Å². The molecule has 3 aromatic rings. The van der Waals surface area contributed by atoms with E-state index in [0.29, 0.717) is 49.9 Å². The molecule has 0 radical (unpaired) electrons. The molecule has 0 aliphatic carbocycles. The molecule has 2 aliphatic heterocycles. The van der Waals surface area contributed by atoms with Gasteiger partial charge in [0.2, 0.25) is 10.0 Å². The molecule has 2 aliphatic rings. The molecule has 5 rings (SSSR count). The number of hydrogen-bond donors (Lipinski definition) is 0. The van der Waals surface area contributed by atoms with Crippen LogP contribution in [0.5, 0.6) is 11.5 Å².